The lowest BCUT2D eigenvalue weighted by Gasteiger charge is -2.22. The highest BCUT2D eigenvalue weighted by Gasteiger charge is 2.41. The fourth-order valence-electron chi connectivity index (χ4n) is 2.35. The molecule has 0 aliphatic carbocycles. The van der Waals surface area contributed by atoms with E-state index in [1.807, 2.05) is 0 Å². The summed E-state index contributed by atoms with van der Waals surface area (Å²) in [5.74, 6) is -1.53. The second-order valence-electron chi connectivity index (χ2n) is 4.72. The van der Waals surface area contributed by atoms with Crippen molar-refractivity contribution in [3.8, 4) is 0 Å². The molecule has 1 aromatic rings. The van der Waals surface area contributed by atoms with Gasteiger partial charge in [0, 0.05) is 12.2 Å². The van der Waals surface area contributed by atoms with Gasteiger partial charge >= 0.3 is 5.97 Å². The van der Waals surface area contributed by atoms with Crippen molar-refractivity contribution in [2.45, 2.75) is 30.7 Å². The van der Waals surface area contributed by atoms with E-state index in [4.69, 9.17) is 10.5 Å². The summed E-state index contributed by atoms with van der Waals surface area (Å²) >= 11 is 0. The number of nitrogens with zero attached hydrogens (tertiary/aromatic N) is 1. The van der Waals surface area contributed by atoms with Crippen molar-refractivity contribution in [2.75, 3.05) is 18.9 Å². The van der Waals surface area contributed by atoms with Crippen LogP contribution in [-0.4, -0.2) is 37.9 Å². The van der Waals surface area contributed by atoms with Crippen molar-refractivity contribution >= 4 is 21.7 Å². The monoisotopic (exact) mass is 316 g/mol. The molecule has 0 saturated carbocycles. The first-order valence-electron chi connectivity index (χ1n) is 6.61. The fraction of sp³-hybridized carbons (Fsp3) is 0.462. The number of anilines is 1. The van der Waals surface area contributed by atoms with Gasteiger partial charge < -0.3 is 10.5 Å². The molecule has 1 aliphatic rings. The van der Waals surface area contributed by atoms with Crippen molar-refractivity contribution in [3.05, 3.63) is 24.0 Å². The minimum Gasteiger partial charge on any atom is -0.465 e. The molecule has 1 unspecified atom stereocenters. The van der Waals surface area contributed by atoms with E-state index in [9.17, 15) is 17.6 Å². The molecular formula is C13H17FN2O4S. The summed E-state index contributed by atoms with van der Waals surface area (Å²) in [6.45, 7) is 1.97. The minimum atomic E-state index is -4.10. The SMILES string of the molecule is CCOC(=O)C1CCCN1S(=O)(=O)c1ccc(N)cc1F. The number of hydrogen-bond donors (Lipinski definition) is 1. The molecule has 0 aromatic heterocycles. The normalized spacial score (nSPS) is 19.6. The van der Waals surface area contributed by atoms with Crippen molar-refractivity contribution in [1.82, 2.24) is 4.31 Å². The number of benzene rings is 1. The third-order valence-corrected chi connectivity index (χ3v) is 5.25. The van der Waals surface area contributed by atoms with E-state index in [-0.39, 0.29) is 18.8 Å². The molecule has 1 aromatic carbocycles. The van der Waals surface area contributed by atoms with Crippen LogP contribution in [0.1, 0.15) is 19.8 Å². The number of sulfonamides is 1. The summed E-state index contributed by atoms with van der Waals surface area (Å²) in [5, 5.41) is 0. The fourth-order valence-corrected chi connectivity index (χ4v) is 4.05. The van der Waals surface area contributed by atoms with Gasteiger partial charge in [-0.15, -0.1) is 0 Å². The molecule has 21 heavy (non-hydrogen) atoms. The number of ether oxygens (including phenoxy) is 1. The van der Waals surface area contributed by atoms with Gasteiger partial charge in [0.2, 0.25) is 10.0 Å². The molecule has 0 bridgehead atoms. The second-order valence-corrected chi connectivity index (χ2v) is 6.57. The molecule has 8 heteroatoms. The van der Waals surface area contributed by atoms with Crippen molar-refractivity contribution < 1.29 is 22.3 Å². The smallest absolute Gasteiger partial charge is 0.324 e. The van der Waals surface area contributed by atoms with E-state index in [0.717, 1.165) is 16.4 Å². The quantitative estimate of drug-likeness (QED) is 0.664. The Morgan fingerprint density at radius 2 is 2.24 bits per heavy atom. The predicted octanol–water partition coefficient (Wildman–Crippen LogP) is 1.12. The van der Waals surface area contributed by atoms with Gasteiger partial charge in [0.05, 0.1) is 6.61 Å². The largest absolute Gasteiger partial charge is 0.465 e. The summed E-state index contributed by atoms with van der Waals surface area (Å²) in [4.78, 5) is 11.4. The number of rotatable bonds is 4. The van der Waals surface area contributed by atoms with E-state index in [2.05, 4.69) is 0 Å². The number of carbonyl (C=O) groups excluding carboxylic acids is 1. The van der Waals surface area contributed by atoms with E-state index < -0.39 is 32.7 Å². The second kappa shape index (κ2) is 5.98. The highest BCUT2D eigenvalue weighted by Crippen LogP contribution is 2.28. The number of nitrogen functional groups attached to an aromatic ring is 1. The van der Waals surface area contributed by atoms with Gasteiger partial charge in [-0.3, -0.25) is 4.79 Å². The standard InChI is InChI=1S/C13H17FN2O4S/c1-2-20-13(17)11-4-3-7-16(11)21(18,19)12-6-5-9(15)8-10(12)14/h5-6,8,11H,2-4,7,15H2,1H3. The number of halogens is 1. The molecular weight excluding hydrogens is 299 g/mol. The van der Waals surface area contributed by atoms with Crippen LogP contribution in [0.15, 0.2) is 23.1 Å². The van der Waals surface area contributed by atoms with Gasteiger partial charge in [-0.1, -0.05) is 0 Å². The molecule has 0 spiro atoms. The highest BCUT2D eigenvalue weighted by atomic mass is 32.2. The predicted molar refractivity (Wildman–Crippen MR) is 74.4 cm³/mol. The molecule has 1 heterocycles. The zero-order chi connectivity index (χ0) is 15.6. The first-order chi connectivity index (χ1) is 9.87. The van der Waals surface area contributed by atoms with Gasteiger partial charge in [0.1, 0.15) is 16.8 Å². The third kappa shape index (κ3) is 3.01. The molecule has 0 amide bonds. The molecule has 0 radical (unpaired) electrons. The molecule has 1 saturated heterocycles. The summed E-state index contributed by atoms with van der Waals surface area (Å²) < 4.78 is 44.8. The van der Waals surface area contributed by atoms with Crippen molar-refractivity contribution in [1.29, 1.82) is 0 Å². The Balaban J connectivity index is 2.36. The first-order valence-corrected chi connectivity index (χ1v) is 8.05. The lowest BCUT2D eigenvalue weighted by molar-refractivity contribution is -0.146. The van der Waals surface area contributed by atoms with Crippen LogP contribution in [-0.2, 0) is 19.6 Å². The Labute approximate surface area is 122 Å². The van der Waals surface area contributed by atoms with Crippen LogP contribution in [0.25, 0.3) is 0 Å². The van der Waals surface area contributed by atoms with Crippen molar-refractivity contribution in [3.63, 3.8) is 0 Å². The molecule has 6 nitrogen and oxygen atoms in total. The van der Waals surface area contributed by atoms with Gasteiger partial charge in [-0.2, -0.15) is 4.31 Å². The summed E-state index contributed by atoms with van der Waals surface area (Å²) in [5.41, 5.74) is 5.55. The molecule has 1 fully saturated rings. The van der Waals surface area contributed by atoms with E-state index in [1.54, 1.807) is 6.92 Å². The van der Waals surface area contributed by atoms with Gasteiger partial charge in [0.25, 0.3) is 0 Å². The Morgan fingerprint density at radius 3 is 2.86 bits per heavy atom. The molecule has 1 aliphatic heterocycles. The van der Waals surface area contributed by atoms with E-state index >= 15 is 0 Å². The zero-order valence-electron chi connectivity index (χ0n) is 11.6. The van der Waals surface area contributed by atoms with Crippen LogP contribution in [0.5, 0.6) is 0 Å². The van der Waals surface area contributed by atoms with Gasteiger partial charge in [0.15, 0.2) is 0 Å². The van der Waals surface area contributed by atoms with Crippen LogP contribution in [0.4, 0.5) is 10.1 Å². The van der Waals surface area contributed by atoms with Crippen molar-refractivity contribution in [2.24, 2.45) is 0 Å². The maximum Gasteiger partial charge on any atom is 0.324 e. The Morgan fingerprint density at radius 1 is 1.52 bits per heavy atom. The molecule has 1 atom stereocenters. The van der Waals surface area contributed by atoms with E-state index in [1.165, 1.54) is 6.07 Å². The van der Waals surface area contributed by atoms with Gasteiger partial charge in [-0.25, -0.2) is 12.8 Å². The summed E-state index contributed by atoms with van der Waals surface area (Å²) in [7, 11) is -4.10. The lowest BCUT2D eigenvalue weighted by atomic mass is 10.2. The topological polar surface area (TPSA) is 89.7 Å². The number of carbonyl (C=O) groups is 1. The van der Waals surface area contributed by atoms with Crippen LogP contribution < -0.4 is 5.73 Å². The lowest BCUT2D eigenvalue weighted by Crippen LogP contribution is -2.41. The average Bonchev–Trinajstić information content (AvgIpc) is 2.88. The Hall–Kier alpha value is -1.67. The van der Waals surface area contributed by atoms with Gasteiger partial charge in [-0.05, 0) is 38.0 Å². The molecule has 116 valence electrons. The third-order valence-electron chi connectivity index (χ3n) is 3.30. The van der Waals surface area contributed by atoms with E-state index in [0.29, 0.717) is 12.8 Å². The number of hydrogen-bond acceptors (Lipinski definition) is 5. The Kier molecular flexibility index (Phi) is 4.48. The molecule has 2 N–H and O–H groups in total. The average molecular weight is 316 g/mol. The van der Waals surface area contributed by atoms with Crippen LogP contribution in [0, 0.1) is 5.82 Å². The first kappa shape index (κ1) is 15.7. The summed E-state index contributed by atoms with van der Waals surface area (Å²) in [6, 6.07) is 2.47. The number of nitrogens with two attached hydrogens (primary N) is 1. The Bertz CT molecular complexity index is 648. The number of esters is 1. The minimum absolute atomic E-state index is 0.134. The van der Waals surface area contributed by atoms with Crippen LogP contribution in [0.3, 0.4) is 0 Å². The highest BCUT2D eigenvalue weighted by molar-refractivity contribution is 7.89. The maximum absolute atomic E-state index is 13.9. The zero-order valence-corrected chi connectivity index (χ0v) is 12.4. The van der Waals surface area contributed by atoms with Crippen LogP contribution >= 0.6 is 0 Å². The van der Waals surface area contributed by atoms with Crippen LogP contribution in [0.2, 0.25) is 0 Å². The summed E-state index contributed by atoms with van der Waals surface area (Å²) in [6.07, 6.45) is 0.897. The maximum atomic E-state index is 13.9. The molecule has 2 rings (SSSR count).